The normalized spacial score (nSPS) is 21.8. The number of hydrogen-bond donors (Lipinski definition) is 2. The maximum atomic E-state index is 11.1. The molecule has 1 atom stereocenters. The summed E-state index contributed by atoms with van der Waals surface area (Å²) in [4.78, 5) is 11.1. The van der Waals surface area contributed by atoms with Gasteiger partial charge in [0.05, 0.1) is 5.56 Å². The second-order valence-electron chi connectivity index (χ2n) is 6.03. The van der Waals surface area contributed by atoms with Crippen LogP contribution < -0.4 is 5.32 Å². The van der Waals surface area contributed by atoms with E-state index < -0.39 is 5.97 Å². The fourth-order valence-electron chi connectivity index (χ4n) is 2.80. The Morgan fingerprint density at radius 3 is 2.72 bits per heavy atom. The van der Waals surface area contributed by atoms with Crippen molar-refractivity contribution in [3.63, 3.8) is 0 Å². The zero-order chi connectivity index (χ0) is 13.3. The van der Waals surface area contributed by atoms with Crippen molar-refractivity contribution < 1.29 is 9.90 Å². The molecule has 0 saturated heterocycles. The van der Waals surface area contributed by atoms with Gasteiger partial charge in [-0.15, -0.1) is 0 Å². The minimum absolute atomic E-state index is 0.386. The molecule has 0 bridgehead atoms. The number of carboxylic acid groups (broad SMARTS) is 1. The van der Waals surface area contributed by atoms with Crippen molar-refractivity contribution in [2.45, 2.75) is 46.1 Å². The van der Waals surface area contributed by atoms with Crippen molar-refractivity contribution in [1.29, 1.82) is 0 Å². The number of carbonyl (C=O) groups is 1. The van der Waals surface area contributed by atoms with Crippen LogP contribution in [0.1, 0.15) is 49.0 Å². The average molecular weight is 247 g/mol. The summed E-state index contributed by atoms with van der Waals surface area (Å²) < 4.78 is 0. The number of aromatic carboxylic acids is 1. The smallest absolute Gasteiger partial charge is 0.336 e. The van der Waals surface area contributed by atoms with Gasteiger partial charge in [-0.3, -0.25) is 0 Å². The molecular formula is C15H21NO2. The summed E-state index contributed by atoms with van der Waals surface area (Å²) in [5.41, 5.74) is 2.57. The standard InChI is InChI=1S/C15H21NO2/c1-10-12(14(17)18)5-4-6-13(10)16-11-7-8-15(2,3)9-11/h4-6,11,16H,7-9H2,1-3H3,(H,17,18). The maximum absolute atomic E-state index is 11.1. The van der Waals surface area contributed by atoms with Crippen LogP contribution in [0.3, 0.4) is 0 Å². The Bertz CT molecular complexity index is 466. The molecular weight excluding hydrogens is 226 g/mol. The lowest BCUT2D eigenvalue weighted by atomic mass is 9.92. The quantitative estimate of drug-likeness (QED) is 0.856. The van der Waals surface area contributed by atoms with Crippen LogP contribution in [0.5, 0.6) is 0 Å². The molecule has 2 rings (SSSR count). The molecule has 1 aromatic carbocycles. The van der Waals surface area contributed by atoms with E-state index in [1.54, 1.807) is 12.1 Å². The molecule has 0 aromatic heterocycles. The lowest BCUT2D eigenvalue weighted by Gasteiger charge is -2.20. The molecule has 3 heteroatoms. The number of carboxylic acids is 1. The van der Waals surface area contributed by atoms with Crippen molar-refractivity contribution >= 4 is 11.7 Å². The minimum Gasteiger partial charge on any atom is -0.478 e. The Morgan fingerprint density at radius 1 is 1.44 bits per heavy atom. The molecule has 18 heavy (non-hydrogen) atoms. The van der Waals surface area contributed by atoms with E-state index in [0.29, 0.717) is 17.0 Å². The molecule has 1 fully saturated rings. The molecule has 0 amide bonds. The molecule has 0 aliphatic heterocycles. The SMILES string of the molecule is Cc1c(NC2CCC(C)(C)C2)cccc1C(=O)O. The van der Waals surface area contributed by atoms with Gasteiger partial charge >= 0.3 is 5.97 Å². The van der Waals surface area contributed by atoms with Gasteiger partial charge in [0.1, 0.15) is 0 Å². The van der Waals surface area contributed by atoms with Crippen LogP contribution >= 0.6 is 0 Å². The van der Waals surface area contributed by atoms with Gasteiger partial charge < -0.3 is 10.4 Å². The molecule has 3 nitrogen and oxygen atoms in total. The fourth-order valence-corrected chi connectivity index (χ4v) is 2.80. The van der Waals surface area contributed by atoms with Gasteiger partial charge in [-0.2, -0.15) is 0 Å². The van der Waals surface area contributed by atoms with Crippen molar-refractivity contribution in [1.82, 2.24) is 0 Å². The number of nitrogens with one attached hydrogen (secondary N) is 1. The predicted molar refractivity (Wildman–Crippen MR) is 73.2 cm³/mol. The van der Waals surface area contributed by atoms with E-state index in [9.17, 15) is 4.79 Å². The van der Waals surface area contributed by atoms with Crippen molar-refractivity contribution in [2.75, 3.05) is 5.32 Å². The summed E-state index contributed by atoms with van der Waals surface area (Å²) in [7, 11) is 0. The highest BCUT2D eigenvalue weighted by Gasteiger charge is 2.31. The van der Waals surface area contributed by atoms with Crippen molar-refractivity contribution in [3.05, 3.63) is 29.3 Å². The van der Waals surface area contributed by atoms with E-state index in [1.807, 2.05) is 13.0 Å². The molecule has 0 heterocycles. The van der Waals surface area contributed by atoms with E-state index in [4.69, 9.17) is 5.11 Å². The van der Waals surface area contributed by atoms with Gasteiger partial charge in [0.25, 0.3) is 0 Å². The van der Waals surface area contributed by atoms with Crippen LogP contribution in [0.25, 0.3) is 0 Å². The molecule has 1 unspecified atom stereocenters. The first-order valence-electron chi connectivity index (χ1n) is 6.48. The zero-order valence-corrected chi connectivity index (χ0v) is 11.3. The van der Waals surface area contributed by atoms with Crippen LogP contribution in [-0.4, -0.2) is 17.1 Å². The van der Waals surface area contributed by atoms with Gasteiger partial charge in [0.15, 0.2) is 0 Å². The minimum atomic E-state index is -0.858. The molecule has 1 aliphatic rings. The van der Waals surface area contributed by atoms with Crippen LogP contribution in [0.2, 0.25) is 0 Å². The second kappa shape index (κ2) is 4.63. The number of anilines is 1. The summed E-state index contributed by atoms with van der Waals surface area (Å²) in [5.74, 6) is -0.858. The Kier molecular flexibility index (Phi) is 3.33. The molecule has 2 N–H and O–H groups in total. The van der Waals surface area contributed by atoms with Gasteiger partial charge in [0.2, 0.25) is 0 Å². The van der Waals surface area contributed by atoms with E-state index in [-0.39, 0.29) is 0 Å². The van der Waals surface area contributed by atoms with Crippen LogP contribution in [-0.2, 0) is 0 Å². The molecule has 0 radical (unpaired) electrons. The molecule has 1 saturated carbocycles. The third kappa shape index (κ3) is 2.66. The Labute approximate surface area is 108 Å². The lowest BCUT2D eigenvalue weighted by molar-refractivity contribution is 0.0696. The van der Waals surface area contributed by atoms with Crippen LogP contribution in [0.15, 0.2) is 18.2 Å². The first-order chi connectivity index (χ1) is 8.39. The largest absolute Gasteiger partial charge is 0.478 e. The summed E-state index contributed by atoms with van der Waals surface area (Å²) >= 11 is 0. The van der Waals surface area contributed by atoms with Gasteiger partial charge in [-0.25, -0.2) is 4.79 Å². The maximum Gasteiger partial charge on any atom is 0.336 e. The number of hydrogen-bond acceptors (Lipinski definition) is 2. The topological polar surface area (TPSA) is 49.3 Å². The van der Waals surface area contributed by atoms with Crippen LogP contribution in [0.4, 0.5) is 5.69 Å². The highest BCUT2D eigenvalue weighted by atomic mass is 16.4. The number of rotatable bonds is 3. The Balaban J connectivity index is 2.15. The highest BCUT2D eigenvalue weighted by molar-refractivity contribution is 5.91. The monoisotopic (exact) mass is 247 g/mol. The first-order valence-corrected chi connectivity index (χ1v) is 6.48. The van der Waals surface area contributed by atoms with Crippen LogP contribution in [0, 0.1) is 12.3 Å². The van der Waals surface area contributed by atoms with E-state index >= 15 is 0 Å². The van der Waals surface area contributed by atoms with E-state index in [2.05, 4.69) is 19.2 Å². The summed E-state index contributed by atoms with van der Waals surface area (Å²) in [6.45, 7) is 6.44. The van der Waals surface area contributed by atoms with Gasteiger partial charge in [0, 0.05) is 11.7 Å². The first kappa shape index (κ1) is 12.9. The molecule has 0 spiro atoms. The van der Waals surface area contributed by atoms with Gasteiger partial charge in [-0.05, 0) is 49.3 Å². The molecule has 1 aliphatic carbocycles. The summed E-state index contributed by atoms with van der Waals surface area (Å²) in [5, 5.41) is 12.6. The molecule has 98 valence electrons. The van der Waals surface area contributed by atoms with E-state index in [0.717, 1.165) is 24.1 Å². The summed E-state index contributed by atoms with van der Waals surface area (Å²) in [6, 6.07) is 5.88. The lowest BCUT2D eigenvalue weighted by Crippen LogP contribution is -2.18. The van der Waals surface area contributed by atoms with E-state index in [1.165, 1.54) is 6.42 Å². The van der Waals surface area contributed by atoms with Gasteiger partial charge in [-0.1, -0.05) is 19.9 Å². The Morgan fingerprint density at radius 2 is 2.17 bits per heavy atom. The Hall–Kier alpha value is -1.51. The third-order valence-corrected chi connectivity index (χ3v) is 3.89. The highest BCUT2D eigenvalue weighted by Crippen LogP contribution is 2.38. The van der Waals surface area contributed by atoms with Crippen molar-refractivity contribution in [3.8, 4) is 0 Å². The second-order valence-corrected chi connectivity index (χ2v) is 6.03. The molecule has 1 aromatic rings. The van der Waals surface area contributed by atoms with Crippen molar-refractivity contribution in [2.24, 2.45) is 5.41 Å². The summed E-state index contributed by atoms with van der Waals surface area (Å²) in [6.07, 6.45) is 3.52. The zero-order valence-electron chi connectivity index (χ0n) is 11.3. The predicted octanol–water partition coefficient (Wildman–Crippen LogP) is 3.68. The average Bonchev–Trinajstić information content (AvgIpc) is 2.61. The third-order valence-electron chi connectivity index (χ3n) is 3.89. The number of benzene rings is 1. The fraction of sp³-hybridized carbons (Fsp3) is 0.533.